The van der Waals surface area contributed by atoms with Crippen molar-refractivity contribution in [1.82, 2.24) is 0 Å². The summed E-state index contributed by atoms with van der Waals surface area (Å²) in [6.45, 7) is 1.57. The van der Waals surface area contributed by atoms with Crippen LogP contribution in [0.15, 0.2) is 42.5 Å². The van der Waals surface area contributed by atoms with Gasteiger partial charge in [-0.3, -0.25) is 5.32 Å². The molecule has 6 heteroatoms. The van der Waals surface area contributed by atoms with Crippen molar-refractivity contribution in [3.05, 3.63) is 65.0 Å². The van der Waals surface area contributed by atoms with Crippen molar-refractivity contribution >= 4 is 17.7 Å². The molecule has 5 nitrogen and oxygen atoms in total. The first-order valence-corrected chi connectivity index (χ1v) is 6.48. The first-order valence-electron chi connectivity index (χ1n) is 6.48. The first kappa shape index (κ1) is 15.5. The highest BCUT2D eigenvalue weighted by atomic mass is 19.1. The van der Waals surface area contributed by atoms with Crippen molar-refractivity contribution in [3.8, 4) is 0 Å². The van der Waals surface area contributed by atoms with Gasteiger partial charge < -0.3 is 9.84 Å². The average Bonchev–Trinajstić information content (AvgIpc) is 2.49. The number of anilines is 1. The molecular formula is C16H14FNO4. The molecule has 0 aliphatic rings. The molecule has 0 heterocycles. The maximum atomic E-state index is 13.8. The highest BCUT2D eigenvalue weighted by molar-refractivity contribution is 5.91. The zero-order valence-corrected chi connectivity index (χ0v) is 11.8. The van der Waals surface area contributed by atoms with E-state index >= 15 is 0 Å². The van der Waals surface area contributed by atoms with Crippen LogP contribution in [0.4, 0.5) is 14.9 Å². The number of nitrogens with one attached hydrogen (secondary N) is 1. The molecule has 0 saturated heterocycles. The molecule has 0 unspecified atom stereocenters. The van der Waals surface area contributed by atoms with Crippen molar-refractivity contribution < 1.29 is 23.8 Å². The van der Waals surface area contributed by atoms with Gasteiger partial charge in [0.25, 0.3) is 0 Å². The largest absolute Gasteiger partial charge is 0.478 e. The van der Waals surface area contributed by atoms with E-state index in [9.17, 15) is 14.0 Å². The van der Waals surface area contributed by atoms with E-state index in [1.165, 1.54) is 13.0 Å². The van der Waals surface area contributed by atoms with Crippen LogP contribution in [0, 0.1) is 12.7 Å². The normalized spacial score (nSPS) is 10.1. The number of aromatic carboxylic acids is 1. The van der Waals surface area contributed by atoms with Gasteiger partial charge in [0.1, 0.15) is 12.4 Å². The van der Waals surface area contributed by atoms with Gasteiger partial charge >= 0.3 is 12.1 Å². The Hall–Kier alpha value is -2.89. The van der Waals surface area contributed by atoms with Crippen molar-refractivity contribution in [2.75, 3.05) is 5.32 Å². The van der Waals surface area contributed by atoms with Gasteiger partial charge in [-0.25, -0.2) is 14.0 Å². The minimum atomic E-state index is -1.23. The van der Waals surface area contributed by atoms with Crippen LogP contribution >= 0.6 is 0 Å². The Balaban J connectivity index is 2.02. The van der Waals surface area contributed by atoms with E-state index < -0.39 is 17.9 Å². The van der Waals surface area contributed by atoms with E-state index in [4.69, 9.17) is 9.84 Å². The van der Waals surface area contributed by atoms with Gasteiger partial charge in [0.15, 0.2) is 0 Å². The minimum absolute atomic E-state index is 0.0560. The number of carboxylic acid groups (broad SMARTS) is 1. The van der Waals surface area contributed by atoms with E-state index in [0.29, 0.717) is 5.56 Å². The molecule has 0 radical (unpaired) electrons. The Bertz CT molecular complexity index is 701. The van der Waals surface area contributed by atoms with Crippen LogP contribution in [0.1, 0.15) is 21.5 Å². The third kappa shape index (κ3) is 3.82. The quantitative estimate of drug-likeness (QED) is 0.905. The van der Waals surface area contributed by atoms with Crippen molar-refractivity contribution in [3.63, 3.8) is 0 Å². The number of hydrogen-bond donors (Lipinski definition) is 2. The van der Waals surface area contributed by atoms with E-state index in [1.807, 2.05) is 18.2 Å². The average molecular weight is 303 g/mol. The SMILES string of the molecule is Cc1cc(NC(=O)OCc2ccccc2)c(F)cc1C(=O)O. The Morgan fingerprint density at radius 2 is 1.91 bits per heavy atom. The fourth-order valence-electron chi connectivity index (χ4n) is 1.88. The highest BCUT2D eigenvalue weighted by Gasteiger charge is 2.14. The molecule has 2 aromatic carbocycles. The second kappa shape index (κ2) is 6.71. The lowest BCUT2D eigenvalue weighted by atomic mass is 10.1. The number of amides is 1. The summed E-state index contributed by atoms with van der Waals surface area (Å²) < 4.78 is 18.8. The van der Waals surface area contributed by atoms with Gasteiger partial charge in [-0.15, -0.1) is 0 Å². The van der Waals surface area contributed by atoms with Crippen LogP contribution < -0.4 is 5.32 Å². The molecule has 0 fully saturated rings. The van der Waals surface area contributed by atoms with Gasteiger partial charge in [0, 0.05) is 0 Å². The van der Waals surface area contributed by atoms with Crippen LogP contribution in [0.5, 0.6) is 0 Å². The van der Waals surface area contributed by atoms with Crippen LogP contribution in [0.2, 0.25) is 0 Å². The maximum absolute atomic E-state index is 13.8. The number of rotatable bonds is 4. The topological polar surface area (TPSA) is 75.6 Å². The summed E-state index contributed by atoms with van der Waals surface area (Å²) in [4.78, 5) is 22.5. The number of carboxylic acids is 1. The van der Waals surface area contributed by atoms with Gasteiger partial charge in [-0.1, -0.05) is 30.3 Å². The second-order valence-electron chi connectivity index (χ2n) is 4.64. The standard InChI is InChI=1S/C16H14FNO4/c1-10-7-14(13(17)8-12(10)15(19)20)18-16(21)22-9-11-5-3-2-4-6-11/h2-8H,9H2,1H3,(H,18,21)(H,19,20). The Morgan fingerprint density at radius 1 is 1.23 bits per heavy atom. The van der Waals surface area contributed by atoms with Crippen LogP contribution in [-0.4, -0.2) is 17.2 Å². The van der Waals surface area contributed by atoms with Crippen LogP contribution in [0.25, 0.3) is 0 Å². The molecule has 0 aliphatic carbocycles. The van der Waals surface area contributed by atoms with Crippen LogP contribution in [0.3, 0.4) is 0 Å². The van der Waals surface area contributed by atoms with Crippen molar-refractivity contribution in [2.45, 2.75) is 13.5 Å². The number of aryl methyl sites for hydroxylation is 1. The molecule has 0 bridgehead atoms. The lowest BCUT2D eigenvalue weighted by molar-refractivity contribution is 0.0695. The zero-order valence-electron chi connectivity index (χ0n) is 11.8. The maximum Gasteiger partial charge on any atom is 0.412 e. The van der Waals surface area contributed by atoms with Gasteiger partial charge in [0.2, 0.25) is 0 Å². The van der Waals surface area contributed by atoms with Crippen LogP contribution in [-0.2, 0) is 11.3 Å². The third-order valence-electron chi connectivity index (χ3n) is 2.99. The molecule has 2 rings (SSSR count). The summed E-state index contributed by atoms with van der Waals surface area (Å²) in [6.07, 6.45) is -0.815. The molecule has 1 amide bonds. The molecule has 0 spiro atoms. The smallest absolute Gasteiger partial charge is 0.412 e. The Kier molecular flexibility index (Phi) is 4.73. The molecule has 2 N–H and O–H groups in total. The summed E-state index contributed by atoms with van der Waals surface area (Å²) in [7, 11) is 0. The summed E-state index contributed by atoms with van der Waals surface area (Å²) in [6, 6.07) is 11.2. The van der Waals surface area contributed by atoms with E-state index in [1.54, 1.807) is 12.1 Å². The fourth-order valence-corrected chi connectivity index (χ4v) is 1.88. The van der Waals surface area contributed by atoms with Crippen molar-refractivity contribution in [2.24, 2.45) is 0 Å². The first-order chi connectivity index (χ1) is 10.5. The van der Waals surface area contributed by atoms with Gasteiger partial charge in [0.05, 0.1) is 11.3 Å². The summed E-state index contributed by atoms with van der Waals surface area (Å²) in [5.74, 6) is -2.06. The highest BCUT2D eigenvalue weighted by Crippen LogP contribution is 2.20. The monoisotopic (exact) mass is 303 g/mol. The van der Waals surface area contributed by atoms with Gasteiger partial charge in [-0.05, 0) is 30.2 Å². The van der Waals surface area contributed by atoms with Crippen molar-refractivity contribution in [1.29, 1.82) is 0 Å². The molecule has 114 valence electrons. The molecule has 0 aromatic heterocycles. The Labute approximate surface area is 126 Å². The Morgan fingerprint density at radius 3 is 2.55 bits per heavy atom. The molecule has 22 heavy (non-hydrogen) atoms. The second-order valence-corrected chi connectivity index (χ2v) is 4.64. The summed E-state index contributed by atoms with van der Waals surface area (Å²) in [5, 5.41) is 11.2. The number of halogens is 1. The molecule has 2 aromatic rings. The predicted molar refractivity (Wildman–Crippen MR) is 78.3 cm³/mol. The minimum Gasteiger partial charge on any atom is -0.478 e. The summed E-state index contributed by atoms with van der Waals surface area (Å²) >= 11 is 0. The van der Waals surface area contributed by atoms with E-state index in [0.717, 1.165) is 11.6 Å². The molecule has 0 aliphatic heterocycles. The third-order valence-corrected chi connectivity index (χ3v) is 2.99. The number of ether oxygens (including phenoxy) is 1. The lowest BCUT2D eigenvalue weighted by Crippen LogP contribution is -2.15. The number of benzene rings is 2. The molecule has 0 saturated carbocycles. The lowest BCUT2D eigenvalue weighted by Gasteiger charge is -2.10. The van der Waals surface area contributed by atoms with Gasteiger partial charge in [-0.2, -0.15) is 0 Å². The number of carbonyl (C=O) groups excluding carboxylic acids is 1. The molecular weight excluding hydrogens is 289 g/mol. The van der Waals surface area contributed by atoms with E-state index in [-0.39, 0.29) is 17.9 Å². The van der Waals surface area contributed by atoms with E-state index in [2.05, 4.69) is 5.32 Å². The number of carbonyl (C=O) groups is 2. The summed E-state index contributed by atoms with van der Waals surface area (Å²) in [5.41, 5.74) is 0.865. The number of hydrogen-bond acceptors (Lipinski definition) is 3. The predicted octanol–water partition coefficient (Wildman–Crippen LogP) is 3.58. The molecule has 0 atom stereocenters. The fraction of sp³-hybridized carbons (Fsp3) is 0.125. The zero-order chi connectivity index (χ0) is 16.1.